The number of carbonyl (C=O) groups excluding carboxylic acids is 2. The first-order chi connectivity index (χ1) is 9.45. The summed E-state index contributed by atoms with van der Waals surface area (Å²) in [5, 5.41) is 0. The van der Waals surface area contributed by atoms with Gasteiger partial charge in [0, 0.05) is 17.1 Å². The lowest BCUT2D eigenvalue weighted by Gasteiger charge is -2.10. The predicted molar refractivity (Wildman–Crippen MR) is 75.7 cm³/mol. The van der Waals surface area contributed by atoms with Gasteiger partial charge in [0.25, 0.3) is 0 Å². The maximum Gasteiger partial charge on any atom is 0.323 e. The van der Waals surface area contributed by atoms with Crippen LogP contribution in [0, 0.1) is 5.82 Å². The van der Waals surface area contributed by atoms with Gasteiger partial charge < -0.3 is 16.2 Å². The highest BCUT2D eigenvalue weighted by molar-refractivity contribution is 7.98. The molecule has 0 saturated heterocycles. The Hall–Kier alpha value is -1.60. The quantitative estimate of drug-likeness (QED) is 0.734. The van der Waals surface area contributed by atoms with Crippen molar-refractivity contribution in [3.8, 4) is 0 Å². The minimum atomic E-state index is -0.729. The highest BCUT2D eigenvalue weighted by Crippen LogP contribution is 2.17. The van der Waals surface area contributed by atoms with Crippen LogP contribution < -0.4 is 11.5 Å². The molecule has 1 rings (SSSR count). The fourth-order valence-electron chi connectivity index (χ4n) is 1.43. The van der Waals surface area contributed by atoms with Crippen molar-refractivity contribution in [3.63, 3.8) is 0 Å². The molecule has 0 bridgehead atoms. The smallest absolute Gasteiger partial charge is 0.323 e. The monoisotopic (exact) mass is 300 g/mol. The van der Waals surface area contributed by atoms with Crippen LogP contribution in [0.2, 0.25) is 0 Å². The van der Waals surface area contributed by atoms with Crippen LogP contribution in [0.5, 0.6) is 0 Å². The number of hydrogen-bond donors (Lipinski definition) is 2. The van der Waals surface area contributed by atoms with Crippen LogP contribution in [0.15, 0.2) is 18.2 Å². The van der Waals surface area contributed by atoms with Crippen LogP contribution >= 0.6 is 11.8 Å². The second-order valence-corrected chi connectivity index (χ2v) is 5.07. The molecule has 110 valence electrons. The average Bonchev–Trinajstić information content (AvgIpc) is 2.40. The van der Waals surface area contributed by atoms with Gasteiger partial charge in [0.15, 0.2) is 0 Å². The standard InChI is InChI=1S/C13H17FN2O3S/c1-2-19-13(18)11(15)7-20-6-9-4-3-8(12(16)17)5-10(9)14/h3-5,11H,2,6-7,15H2,1H3,(H2,16,17). The summed E-state index contributed by atoms with van der Waals surface area (Å²) in [4.78, 5) is 22.2. The lowest BCUT2D eigenvalue weighted by molar-refractivity contribution is -0.144. The molecule has 0 aliphatic carbocycles. The van der Waals surface area contributed by atoms with Gasteiger partial charge in [0.1, 0.15) is 11.9 Å². The van der Waals surface area contributed by atoms with Crippen molar-refractivity contribution in [2.45, 2.75) is 18.7 Å². The molecule has 0 aliphatic rings. The molecule has 4 N–H and O–H groups in total. The van der Waals surface area contributed by atoms with Gasteiger partial charge in [0.2, 0.25) is 5.91 Å². The Morgan fingerprint density at radius 2 is 2.15 bits per heavy atom. The van der Waals surface area contributed by atoms with E-state index in [0.717, 1.165) is 6.07 Å². The van der Waals surface area contributed by atoms with Crippen molar-refractivity contribution in [1.29, 1.82) is 0 Å². The van der Waals surface area contributed by atoms with E-state index in [9.17, 15) is 14.0 Å². The van der Waals surface area contributed by atoms with Crippen molar-refractivity contribution in [1.82, 2.24) is 0 Å². The predicted octanol–water partition coefficient (Wildman–Crippen LogP) is 1.05. The van der Waals surface area contributed by atoms with E-state index in [1.54, 1.807) is 6.92 Å². The van der Waals surface area contributed by atoms with E-state index in [2.05, 4.69) is 0 Å². The van der Waals surface area contributed by atoms with Gasteiger partial charge in [-0.25, -0.2) is 4.39 Å². The third-order valence-electron chi connectivity index (χ3n) is 2.48. The normalized spacial score (nSPS) is 11.9. The van der Waals surface area contributed by atoms with Crippen molar-refractivity contribution < 1.29 is 18.7 Å². The van der Waals surface area contributed by atoms with E-state index < -0.39 is 23.7 Å². The second-order valence-electron chi connectivity index (χ2n) is 4.04. The summed E-state index contributed by atoms with van der Waals surface area (Å²) < 4.78 is 18.4. The molecule has 5 nitrogen and oxygen atoms in total. The Morgan fingerprint density at radius 1 is 1.45 bits per heavy atom. The number of halogens is 1. The molecule has 1 amide bonds. The number of benzene rings is 1. The number of nitrogens with two attached hydrogens (primary N) is 2. The minimum absolute atomic E-state index is 0.125. The molecule has 1 atom stereocenters. The molecule has 20 heavy (non-hydrogen) atoms. The first kappa shape index (κ1) is 16.5. The first-order valence-electron chi connectivity index (χ1n) is 6.04. The Kier molecular flexibility index (Phi) is 6.47. The SMILES string of the molecule is CCOC(=O)C(N)CSCc1ccc(C(N)=O)cc1F. The van der Waals surface area contributed by atoms with Crippen LogP contribution in [-0.2, 0) is 15.3 Å². The molecule has 0 radical (unpaired) electrons. The zero-order valence-electron chi connectivity index (χ0n) is 11.1. The fraction of sp³-hybridized carbons (Fsp3) is 0.385. The van der Waals surface area contributed by atoms with Gasteiger partial charge in [-0.15, -0.1) is 0 Å². The molecule has 0 heterocycles. The van der Waals surface area contributed by atoms with Gasteiger partial charge in [0.05, 0.1) is 6.61 Å². The average molecular weight is 300 g/mol. The summed E-state index contributed by atoms with van der Waals surface area (Å²) in [5.41, 5.74) is 11.2. The molecule has 1 aromatic rings. The van der Waals surface area contributed by atoms with Crippen LogP contribution in [0.1, 0.15) is 22.8 Å². The van der Waals surface area contributed by atoms with E-state index in [0.29, 0.717) is 17.1 Å². The molecule has 0 aromatic heterocycles. The molecule has 1 aromatic carbocycles. The lowest BCUT2D eigenvalue weighted by Crippen LogP contribution is -2.34. The van der Waals surface area contributed by atoms with Gasteiger partial charge in [-0.3, -0.25) is 9.59 Å². The fourth-order valence-corrected chi connectivity index (χ4v) is 2.39. The van der Waals surface area contributed by atoms with Crippen LogP contribution in [0.3, 0.4) is 0 Å². The Balaban J connectivity index is 2.50. The Labute approximate surface area is 120 Å². The maximum absolute atomic E-state index is 13.7. The van der Waals surface area contributed by atoms with Gasteiger partial charge in [-0.05, 0) is 24.6 Å². The zero-order valence-corrected chi connectivity index (χ0v) is 11.9. The van der Waals surface area contributed by atoms with E-state index in [1.807, 2.05) is 0 Å². The molecule has 0 spiro atoms. The molecule has 0 aliphatic heterocycles. The molecule has 1 unspecified atom stereocenters. The van der Waals surface area contributed by atoms with Gasteiger partial charge in [-0.2, -0.15) is 11.8 Å². The first-order valence-corrected chi connectivity index (χ1v) is 7.19. The molecule has 0 saturated carbocycles. The molecular formula is C13H17FN2O3S. The highest BCUT2D eigenvalue weighted by Gasteiger charge is 2.15. The summed E-state index contributed by atoms with van der Waals surface area (Å²) in [6.07, 6.45) is 0. The van der Waals surface area contributed by atoms with E-state index in [4.69, 9.17) is 16.2 Å². The highest BCUT2D eigenvalue weighted by atomic mass is 32.2. The molecular weight excluding hydrogens is 283 g/mol. The van der Waals surface area contributed by atoms with Crippen molar-refractivity contribution in [3.05, 3.63) is 35.1 Å². The summed E-state index contributed by atoms with van der Waals surface area (Å²) in [5.74, 6) is -0.969. The number of carbonyl (C=O) groups is 2. The van der Waals surface area contributed by atoms with Gasteiger partial charge in [-0.1, -0.05) is 6.07 Å². The summed E-state index contributed by atoms with van der Waals surface area (Å²) in [7, 11) is 0. The summed E-state index contributed by atoms with van der Waals surface area (Å²) in [6.45, 7) is 1.98. The molecule has 7 heteroatoms. The van der Waals surface area contributed by atoms with Gasteiger partial charge >= 0.3 is 5.97 Å². The summed E-state index contributed by atoms with van der Waals surface area (Å²) >= 11 is 1.32. The maximum atomic E-state index is 13.7. The number of thioether (sulfide) groups is 1. The summed E-state index contributed by atoms with van der Waals surface area (Å²) in [6, 6.07) is 3.34. The Bertz CT molecular complexity index is 497. The number of hydrogen-bond acceptors (Lipinski definition) is 5. The largest absolute Gasteiger partial charge is 0.465 e. The van der Waals surface area contributed by atoms with Crippen LogP contribution in [-0.4, -0.2) is 30.3 Å². The number of rotatable bonds is 7. The van der Waals surface area contributed by atoms with Crippen molar-refractivity contribution in [2.24, 2.45) is 11.5 Å². The van der Waals surface area contributed by atoms with E-state index in [-0.39, 0.29) is 12.2 Å². The van der Waals surface area contributed by atoms with Crippen LogP contribution in [0.25, 0.3) is 0 Å². The topological polar surface area (TPSA) is 95.4 Å². The van der Waals surface area contributed by atoms with E-state index in [1.165, 1.54) is 23.9 Å². The van der Waals surface area contributed by atoms with Crippen LogP contribution in [0.4, 0.5) is 4.39 Å². The minimum Gasteiger partial charge on any atom is -0.465 e. The number of amides is 1. The number of esters is 1. The zero-order chi connectivity index (χ0) is 15.1. The lowest BCUT2D eigenvalue weighted by atomic mass is 10.1. The molecule has 0 fully saturated rings. The van der Waals surface area contributed by atoms with E-state index >= 15 is 0 Å². The number of ether oxygens (including phenoxy) is 1. The third kappa shape index (κ3) is 4.82. The third-order valence-corrected chi connectivity index (χ3v) is 3.59. The Morgan fingerprint density at radius 3 is 2.70 bits per heavy atom. The number of primary amides is 1. The van der Waals surface area contributed by atoms with Crippen molar-refractivity contribution >= 4 is 23.6 Å². The van der Waals surface area contributed by atoms with Crippen molar-refractivity contribution in [2.75, 3.05) is 12.4 Å². The second kappa shape index (κ2) is 7.86.